The van der Waals surface area contributed by atoms with Crippen molar-refractivity contribution in [1.82, 2.24) is 9.97 Å². The van der Waals surface area contributed by atoms with Gasteiger partial charge in [0.25, 0.3) is 0 Å². The SMILES string of the molecule is NCCc1ccc(-c2nc3ccccc3[nH]2)cc1.O=C(O)C(F)(F)F. The highest BCUT2D eigenvalue weighted by Crippen LogP contribution is 2.20. The van der Waals surface area contributed by atoms with Gasteiger partial charge in [-0.1, -0.05) is 36.4 Å². The van der Waals surface area contributed by atoms with Gasteiger partial charge < -0.3 is 15.8 Å². The Hall–Kier alpha value is -2.87. The number of hydrogen-bond donors (Lipinski definition) is 3. The molecule has 3 aromatic rings. The van der Waals surface area contributed by atoms with Crippen LogP contribution >= 0.6 is 0 Å². The van der Waals surface area contributed by atoms with Crippen LogP contribution in [0.3, 0.4) is 0 Å². The van der Waals surface area contributed by atoms with E-state index >= 15 is 0 Å². The van der Waals surface area contributed by atoms with Crippen LogP contribution in [0.25, 0.3) is 22.4 Å². The smallest absolute Gasteiger partial charge is 0.475 e. The fourth-order valence-electron chi connectivity index (χ4n) is 2.09. The molecule has 8 heteroatoms. The second-order valence-electron chi connectivity index (χ2n) is 5.14. The quantitative estimate of drug-likeness (QED) is 0.675. The van der Waals surface area contributed by atoms with Gasteiger partial charge in [0.2, 0.25) is 0 Å². The monoisotopic (exact) mass is 351 g/mol. The van der Waals surface area contributed by atoms with Crippen LogP contribution in [0.2, 0.25) is 0 Å². The zero-order valence-corrected chi connectivity index (χ0v) is 13.0. The number of H-pyrrole nitrogens is 1. The maximum atomic E-state index is 10.6. The summed E-state index contributed by atoms with van der Waals surface area (Å²) in [6, 6.07) is 16.4. The molecule has 0 aliphatic heterocycles. The average molecular weight is 351 g/mol. The predicted molar refractivity (Wildman–Crippen MR) is 88.0 cm³/mol. The molecule has 132 valence electrons. The number of aliphatic carboxylic acids is 1. The number of nitrogens with zero attached hydrogens (tertiary/aromatic N) is 1. The maximum Gasteiger partial charge on any atom is 0.490 e. The lowest BCUT2D eigenvalue weighted by molar-refractivity contribution is -0.192. The normalized spacial score (nSPS) is 11.0. The number of halogens is 3. The Morgan fingerprint density at radius 2 is 1.72 bits per heavy atom. The highest BCUT2D eigenvalue weighted by Gasteiger charge is 2.38. The van der Waals surface area contributed by atoms with Crippen molar-refractivity contribution < 1.29 is 23.1 Å². The summed E-state index contributed by atoms with van der Waals surface area (Å²) >= 11 is 0. The van der Waals surface area contributed by atoms with Gasteiger partial charge in [0, 0.05) is 5.56 Å². The summed E-state index contributed by atoms with van der Waals surface area (Å²) in [5.74, 6) is -1.84. The number of aromatic nitrogens is 2. The van der Waals surface area contributed by atoms with Gasteiger partial charge in [-0.3, -0.25) is 0 Å². The minimum absolute atomic E-state index is 0.685. The summed E-state index contributed by atoms with van der Waals surface area (Å²) in [6.07, 6.45) is -4.17. The first-order chi connectivity index (χ1) is 11.8. The molecule has 0 atom stereocenters. The topological polar surface area (TPSA) is 92.0 Å². The Balaban J connectivity index is 0.000000277. The second-order valence-corrected chi connectivity index (χ2v) is 5.14. The van der Waals surface area contributed by atoms with Crippen LogP contribution in [0.1, 0.15) is 5.56 Å². The van der Waals surface area contributed by atoms with Gasteiger partial charge in [-0.2, -0.15) is 13.2 Å². The van der Waals surface area contributed by atoms with Crippen LogP contribution in [0.4, 0.5) is 13.2 Å². The Bertz CT molecular complexity index is 809. The molecule has 0 saturated carbocycles. The zero-order valence-electron chi connectivity index (χ0n) is 13.0. The summed E-state index contributed by atoms with van der Waals surface area (Å²) in [6.45, 7) is 0.685. The van der Waals surface area contributed by atoms with E-state index in [1.807, 2.05) is 24.3 Å². The average Bonchev–Trinajstić information content (AvgIpc) is 2.99. The molecule has 0 amide bonds. The number of carbonyl (C=O) groups is 1. The number of aromatic amines is 1. The minimum atomic E-state index is -5.08. The molecule has 0 bridgehead atoms. The molecular formula is C17H16F3N3O2. The molecule has 4 N–H and O–H groups in total. The van der Waals surface area contributed by atoms with E-state index in [1.54, 1.807) is 0 Å². The lowest BCUT2D eigenvalue weighted by Crippen LogP contribution is -2.21. The molecule has 0 unspecified atom stereocenters. The van der Waals surface area contributed by atoms with E-state index in [4.69, 9.17) is 15.6 Å². The molecule has 1 heterocycles. The number of alkyl halides is 3. The molecule has 0 radical (unpaired) electrons. The Labute approximate surface area is 141 Å². The van der Waals surface area contributed by atoms with Gasteiger partial charge in [0.05, 0.1) is 11.0 Å². The molecule has 0 aliphatic rings. The van der Waals surface area contributed by atoms with E-state index in [0.717, 1.165) is 28.8 Å². The maximum absolute atomic E-state index is 10.6. The molecule has 0 fully saturated rings. The fourth-order valence-corrected chi connectivity index (χ4v) is 2.09. The van der Waals surface area contributed by atoms with Crippen LogP contribution in [0.5, 0.6) is 0 Å². The molecule has 5 nitrogen and oxygen atoms in total. The third kappa shape index (κ3) is 5.05. The lowest BCUT2D eigenvalue weighted by Gasteiger charge is -2.00. The van der Waals surface area contributed by atoms with Gasteiger partial charge in [-0.25, -0.2) is 9.78 Å². The summed E-state index contributed by atoms with van der Waals surface area (Å²) in [4.78, 5) is 16.8. The van der Waals surface area contributed by atoms with Crippen LogP contribution in [0, 0.1) is 0 Å². The van der Waals surface area contributed by atoms with Crippen molar-refractivity contribution in [2.75, 3.05) is 6.54 Å². The third-order valence-electron chi connectivity index (χ3n) is 3.29. The third-order valence-corrected chi connectivity index (χ3v) is 3.29. The molecule has 0 aliphatic carbocycles. The first-order valence-electron chi connectivity index (χ1n) is 7.35. The molecule has 2 aromatic carbocycles. The number of benzene rings is 2. The molecule has 25 heavy (non-hydrogen) atoms. The van der Waals surface area contributed by atoms with E-state index in [2.05, 4.69) is 34.2 Å². The van der Waals surface area contributed by atoms with Crippen molar-refractivity contribution in [1.29, 1.82) is 0 Å². The predicted octanol–water partition coefficient (Wildman–Crippen LogP) is 3.36. The van der Waals surface area contributed by atoms with Gasteiger partial charge >= 0.3 is 12.1 Å². The van der Waals surface area contributed by atoms with Gasteiger partial charge in [0.1, 0.15) is 5.82 Å². The summed E-state index contributed by atoms with van der Waals surface area (Å²) in [5.41, 5.74) is 9.97. The molecule has 0 spiro atoms. The Morgan fingerprint density at radius 3 is 2.24 bits per heavy atom. The van der Waals surface area contributed by atoms with Gasteiger partial charge in [0.15, 0.2) is 0 Å². The number of nitrogens with one attached hydrogen (secondary N) is 1. The number of para-hydroxylation sites is 2. The van der Waals surface area contributed by atoms with Crippen molar-refractivity contribution in [3.63, 3.8) is 0 Å². The largest absolute Gasteiger partial charge is 0.490 e. The standard InChI is InChI=1S/C15H15N3.C2HF3O2/c16-10-9-11-5-7-12(8-6-11)15-17-13-3-1-2-4-14(13)18-15;3-2(4,5)1(6)7/h1-8H,9-10,16H2,(H,17,18);(H,6,7). The lowest BCUT2D eigenvalue weighted by atomic mass is 10.1. The minimum Gasteiger partial charge on any atom is -0.475 e. The first-order valence-corrected chi connectivity index (χ1v) is 7.35. The van der Waals surface area contributed by atoms with Crippen molar-refractivity contribution in [3.8, 4) is 11.4 Å². The number of carboxylic acids is 1. The summed E-state index contributed by atoms with van der Waals surface area (Å²) in [7, 11) is 0. The van der Waals surface area contributed by atoms with Crippen molar-refractivity contribution >= 4 is 17.0 Å². The van der Waals surface area contributed by atoms with E-state index in [1.165, 1.54) is 5.56 Å². The van der Waals surface area contributed by atoms with E-state index in [-0.39, 0.29) is 0 Å². The summed E-state index contributed by atoms with van der Waals surface area (Å²) in [5, 5.41) is 7.12. The number of hydrogen-bond acceptors (Lipinski definition) is 3. The van der Waals surface area contributed by atoms with Crippen molar-refractivity contribution in [2.45, 2.75) is 12.6 Å². The van der Waals surface area contributed by atoms with Crippen molar-refractivity contribution in [2.24, 2.45) is 5.73 Å². The highest BCUT2D eigenvalue weighted by molar-refractivity contribution is 5.79. The van der Waals surface area contributed by atoms with Crippen molar-refractivity contribution in [3.05, 3.63) is 54.1 Å². The Morgan fingerprint density at radius 1 is 1.12 bits per heavy atom. The first kappa shape index (κ1) is 18.5. The van der Waals surface area contributed by atoms with Crippen LogP contribution in [0.15, 0.2) is 48.5 Å². The Kier molecular flexibility index (Phi) is 5.76. The molecule has 0 saturated heterocycles. The van der Waals surface area contributed by atoms with Gasteiger partial charge in [-0.15, -0.1) is 0 Å². The number of nitrogens with two attached hydrogens (primary N) is 1. The van der Waals surface area contributed by atoms with Gasteiger partial charge in [-0.05, 0) is 30.7 Å². The van der Waals surface area contributed by atoms with E-state index in [0.29, 0.717) is 6.54 Å². The van der Waals surface area contributed by atoms with Crippen LogP contribution < -0.4 is 5.73 Å². The summed E-state index contributed by atoms with van der Waals surface area (Å²) < 4.78 is 31.7. The molecular weight excluding hydrogens is 335 g/mol. The van der Waals surface area contributed by atoms with E-state index in [9.17, 15) is 13.2 Å². The number of rotatable bonds is 3. The fraction of sp³-hybridized carbons (Fsp3) is 0.176. The number of carboxylic acid groups (broad SMARTS) is 1. The highest BCUT2D eigenvalue weighted by atomic mass is 19.4. The second kappa shape index (κ2) is 7.80. The van der Waals surface area contributed by atoms with Crippen LogP contribution in [-0.2, 0) is 11.2 Å². The zero-order chi connectivity index (χ0) is 18.4. The molecule has 1 aromatic heterocycles. The van der Waals surface area contributed by atoms with Crippen LogP contribution in [-0.4, -0.2) is 33.8 Å². The number of imidazole rings is 1. The van der Waals surface area contributed by atoms with E-state index < -0.39 is 12.1 Å². The molecule has 3 rings (SSSR count). The number of fused-ring (bicyclic) bond motifs is 1.